The summed E-state index contributed by atoms with van der Waals surface area (Å²) in [5.74, 6) is 2.18. The first-order valence-corrected chi connectivity index (χ1v) is 7.61. The molecule has 1 aliphatic rings. The van der Waals surface area contributed by atoms with Crippen LogP contribution in [0.25, 0.3) is 0 Å². The molecule has 0 aromatic rings. The first-order chi connectivity index (χ1) is 8.27. The Kier molecular flexibility index (Phi) is 8.22. The fourth-order valence-electron chi connectivity index (χ4n) is 1.95. The minimum absolute atomic E-state index is 0.146. The molecule has 3 atom stereocenters. The van der Waals surface area contributed by atoms with Crippen LogP contribution in [0.2, 0.25) is 0 Å². The van der Waals surface area contributed by atoms with Crippen molar-refractivity contribution in [1.82, 2.24) is 5.32 Å². The molecule has 0 spiro atoms. The second-order valence-electron chi connectivity index (χ2n) is 4.56. The van der Waals surface area contributed by atoms with Gasteiger partial charge in [0.15, 0.2) is 0 Å². The van der Waals surface area contributed by atoms with Gasteiger partial charge in [0.2, 0.25) is 0 Å². The van der Waals surface area contributed by atoms with Crippen LogP contribution in [-0.4, -0.2) is 60.2 Å². The fourth-order valence-corrected chi connectivity index (χ4v) is 3.10. The maximum Gasteiger partial charge on any atom is 0.0861 e. The SMILES string of the molecule is CCCNC(CSCC(O)CO)C1CCOC1. The molecular weight excluding hydrogens is 238 g/mol. The zero-order chi connectivity index (χ0) is 12.5. The maximum atomic E-state index is 9.30. The minimum Gasteiger partial charge on any atom is -0.394 e. The number of hydrogen-bond acceptors (Lipinski definition) is 5. The number of nitrogens with one attached hydrogen (secondary N) is 1. The van der Waals surface area contributed by atoms with Crippen LogP contribution in [0.1, 0.15) is 19.8 Å². The van der Waals surface area contributed by atoms with Crippen LogP contribution in [0, 0.1) is 5.92 Å². The number of ether oxygens (including phenoxy) is 1. The second kappa shape index (κ2) is 9.16. The largest absolute Gasteiger partial charge is 0.394 e. The Morgan fingerprint density at radius 2 is 2.29 bits per heavy atom. The second-order valence-corrected chi connectivity index (χ2v) is 5.63. The molecule has 1 saturated heterocycles. The molecule has 0 radical (unpaired) electrons. The van der Waals surface area contributed by atoms with Gasteiger partial charge in [0.25, 0.3) is 0 Å². The predicted molar refractivity (Wildman–Crippen MR) is 71.4 cm³/mol. The van der Waals surface area contributed by atoms with Crippen molar-refractivity contribution in [3.8, 4) is 0 Å². The van der Waals surface area contributed by atoms with E-state index in [9.17, 15) is 5.11 Å². The van der Waals surface area contributed by atoms with Crippen LogP contribution in [0.5, 0.6) is 0 Å². The number of rotatable bonds is 9. The monoisotopic (exact) mass is 263 g/mol. The Labute approximate surface area is 108 Å². The normalized spacial score (nSPS) is 23.8. The summed E-state index contributed by atoms with van der Waals surface area (Å²) in [6, 6.07) is 0.466. The molecule has 3 N–H and O–H groups in total. The van der Waals surface area contributed by atoms with Gasteiger partial charge in [-0.05, 0) is 19.4 Å². The van der Waals surface area contributed by atoms with E-state index in [-0.39, 0.29) is 6.61 Å². The molecule has 1 rings (SSSR count). The molecular formula is C12H25NO3S. The molecule has 102 valence electrons. The standard InChI is InChI=1S/C12H25NO3S/c1-2-4-13-12(10-3-5-16-7-10)9-17-8-11(15)6-14/h10-15H,2-9H2,1H3. The average Bonchev–Trinajstić information content (AvgIpc) is 2.86. The van der Waals surface area contributed by atoms with Crippen molar-refractivity contribution < 1.29 is 14.9 Å². The number of thioether (sulfide) groups is 1. The molecule has 1 heterocycles. The van der Waals surface area contributed by atoms with E-state index in [0.29, 0.717) is 17.7 Å². The third kappa shape index (κ3) is 6.06. The third-order valence-corrected chi connectivity index (χ3v) is 4.22. The molecule has 0 aliphatic carbocycles. The molecule has 0 aromatic heterocycles. The van der Waals surface area contributed by atoms with Gasteiger partial charge in [0, 0.05) is 30.1 Å². The zero-order valence-electron chi connectivity index (χ0n) is 10.6. The number of aliphatic hydroxyl groups is 2. The molecule has 1 aliphatic heterocycles. The summed E-state index contributed by atoms with van der Waals surface area (Å²) in [6.07, 6.45) is 1.67. The third-order valence-electron chi connectivity index (χ3n) is 3.01. The fraction of sp³-hybridized carbons (Fsp3) is 1.00. The molecule has 0 aromatic carbocycles. The van der Waals surface area contributed by atoms with E-state index in [0.717, 1.165) is 38.4 Å². The topological polar surface area (TPSA) is 61.7 Å². The van der Waals surface area contributed by atoms with E-state index in [1.807, 2.05) is 0 Å². The van der Waals surface area contributed by atoms with Crippen LogP contribution in [0.4, 0.5) is 0 Å². The highest BCUT2D eigenvalue weighted by molar-refractivity contribution is 7.99. The van der Waals surface area contributed by atoms with E-state index in [4.69, 9.17) is 9.84 Å². The van der Waals surface area contributed by atoms with Gasteiger partial charge in [-0.15, -0.1) is 0 Å². The summed E-state index contributed by atoms with van der Waals surface area (Å²) in [4.78, 5) is 0. The van der Waals surface area contributed by atoms with E-state index < -0.39 is 6.10 Å². The zero-order valence-corrected chi connectivity index (χ0v) is 11.4. The maximum absolute atomic E-state index is 9.30. The first kappa shape index (κ1) is 15.2. The highest BCUT2D eigenvalue weighted by Crippen LogP contribution is 2.20. The molecule has 17 heavy (non-hydrogen) atoms. The van der Waals surface area contributed by atoms with Crippen LogP contribution in [-0.2, 0) is 4.74 Å². The van der Waals surface area contributed by atoms with Crippen LogP contribution < -0.4 is 5.32 Å². The Morgan fingerprint density at radius 3 is 2.88 bits per heavy atom. The van der Waals surface area contributed by atoms with Gasteiger partial charge < -0.3 is 20.3 Å². The summed E-state index contributed by atoms with van der Waals surface area (Å²) in [6.45, 7) is 4.78. The van der Waals surface area contributed by atoms with Crippen molar-refractivity contribution in [3.05, 3.63) is 0 Å². The Balaban J connectivity index is 2.24. The predicted octanol–water partition coefficient (Wildman–Crippen LogP) is 0.477. The van der Waals surface area contributed by atoms with Gasteiger partial charge >= 0.3 is 0 Å². The van der Waals surface area contributed by atoms with Gasteiger partial charge in [-0.2, -0.15) is 11.8 Å². The van der Waals surface area contributed by atoms with Gasteiger partial charge in [0.1, 0.15) is 0 Å². The average molecular weight is 263 g/mol. The van der Waals surface area contributed by atoms with Crippen LogP contribution >= 0.6 is 11.8 Å². The smallest absolute Gasteiger partial charge is 0.0861 e. The summed E-state index contributed by atoms with van der Waals surface area (Å²) < 4.78 is 5.43. The molecule has 5 heteroatoms. The van der Waals surface area contributed by atoms with Crippen molar-refractivity contribution in [2.45, 2.75) is 31.9 Å². The Bertz CT molecular complexity index is 189. The summed E-state index contributed by atoms with van der Waals surface area (Å²) in [5.41, 5.74) is 0. The van der Waals surface area contributed by atoms with Crippen molar-refractivity contribution in [1.29, 1.82) is 0 Å². The molecule has 1 fully saturated rings. The quantitative estimate of drug-likeness (QED) is 0.565. The summed E-state index contributed by atoms with van der Waals surface area (Å²) in [7, 11) is 0. The Hall–Kier alpha value is 0.190. The van der Waals surface area contributed by atoms with Crippen molar-refractivity contribution in [2.24, 2.45) is 5.92 Å². The molecule has 0 bridgehead atoms. The van der Waals surface area contributed by atoms with Crippen molar-refractivity contribution in [2.75, 3.05) is 37.9 Å². The van der Waals surface area contributed by atoms with E-state index in [1.54, 1.807) is 11.8 Å². The molecule has 4 nitrogen and oxygen atoms in total. The highest BCUT2D eigenvalue weighted by atomic mass is 32.2. The van der Waals surface area contributed by atoms with Gasteiger partial charge in [-0.1, -0.05) is 6.92 Å². The highest BCUT2D eigenvalue weighted by Gasteiger charge is 2.25. The lowest BCUT2D eigenvalue weighted by atomic mass is 10.0. The lowest BCUT2D eigenvalue weighted by Gasteiger charge is -2.23. The lowest BCUT2D eigenvalue weighted by molar-refractivity contribution is 0.113. The number of hydrogen-bond donors (Lipinski definition) is 3. The van der Waals surface area contributed by atoms with Gasteiger partial charge in [-0.3, -0.25) is 0 Å². The van der Waals surface area contributed by atoms with E-state index >= 15 is 0 Å². The van der Waals surface area contributed by atoms with Gasteiger partial charge in [0.05, 0.1) is 19.3 Å². The summed E-state index contributed by atoms with van der Waals surface area (Å²) >= 11 is 1.70. The lowest BCUT2D eigenvalue weighted by Crippen LogP contribution is -2.39. The number of aliphatic hydroxyl groups excluding tert-OH is 2. The van der Waals surface area contributed by atoms with Crippen molar-refractivity contribution >= 4 is 11.8 Å². The minimum atomic E-state index is -0.591. The molecule has 0 saturated carbocycles. The molecule has 3 unspecified atom stereocenters. The van der Waals surface area contributed by atoms with Gasteiger partial charge in [-0.25, -0.2) is 0 Å². The first-order valence-electron chi connectivity index (χ1n) is 6.45. The molecule has 0 amide bonds. The van der Waals surface area contributed by atoms with Crippen LogP contribution in [0.15, 0.2) is 0 Å². The van der Waals surface area contributed by atoms with E-state index in [2.05, 4.69) is 12.2 Å². The van der Waals surface area contributed by atoms with E-state index in [1.165, 1.54) is 0 Å². The van der Waals surface area contributed by atoms with Crippen LogP contribution in [0.3, 0.4) is 0 Å². The van der Waals surface area contributed by atoms with Crippen molar-refractivity contribution in [3.63, 3.8) is 0 Å². The Morgan fingerprint density at radius 1 is 1.47 bits per heavy atom. The summed E-state index contributed by atoms with van der Waals surface area (Å²) in [5, 5.41) is 21.6.